The van der Waals surface area contributed by atoms with E-state index < -0.39 is 28.4 Å². The minimum atomic E-state index is -2.83. The average molecular weight is 540 g/mol. The van der Waals surface area contributed by atoms with Crippen molar-refractivity contribution in [3.8, 4) is 6.01 Å². The summed E-state index contributed by atoms with van der Waals surface area (Å²) < 4.78 is 45.0. The summed E-state index contributed by atoms with van der Waals surface area (Å²) >= 11 is 0. The quantitative estimate of drug-likeness (QED) is 0.482. The highest BCUT2D eigenvalue weighted by Gasteiger charge is 2.71. The smallest absolute Gasteiger partial charge is 0.411 e. The maximum atomic E-state index is 14.3. The van der Waals surface area contributed by atoms with Crippen molar-refractivity contribution in [2.45, 2.75) is 77.0 Å². The van der Waals surface area contributed by atoms with Crippen LogP contribution in [0, 0.1) is 12.3 Å². The van der Waals surface area contributed by atoms with E-state index in [9.17, 15) is 18.4 Å². The SMILES string of the molecule is COC(=O)c1c(C)nc(OC[C@]2(CN(C)C)CC2(F)F)nc1N1C[C@H]2CCC(C)(C1)N2C(=O)OC(C)(C)C. The number of anilines is 1. The minimum absolute atomic E-state index is 0.0712. The van der Waals surface area contributed by atoms with E-state index in [1.54, 1.807) is 30.8 Å². The Balaban J connectivity index is 1.62. The van der Waals surface area contributed by atoms with Gasteiger partial charge in [0.2, 0.25) is 0 Å². The zero-order valence-corrected chi connectivity index (χ0v) is 23.6. The summed E-state index contributed by atoms with van der Waals surface area (Å²) in [4.78, 5) is 40.1. The van der Waals surface area contributed by atoms with Crippen LogP contribution in [0.2, 0.25) is 0 Å². The van der Waals surface area contributed by atoms with E-state index in [0.29, 0.717) is 24.6 Å². The van der Waals surface area contributed by atoms with Gasteiger partial charge in [0.25, 0.3) is 5.92 Å². The van der Waals surface area contributed by atoms with Gasteiger partial charge in [0.15, 0.2) is 5.82 Å². The molecule has 12 heteroatoms. The van der Waals surface area contributed by atoms with Crippen LogP contribution in [0.4, 0.5) is 19.4 Å². The van der Waals surface area contributed by atoms with Crippen molar-refractivity contribution in [3.63, 3.8) is 0 Å². The monoisotopic (exact) mass is 539 g/mol. The molecule has 1 unspecified atom stereocenters. The highest BCUT2D eigenvalue weighted by atomic mass is 19.3. The van der Waals surface area contributed by atoms with Crippen LogP contribution in [0.3, 0.4) is 0 Å². The number of amides is 1. The first-order valence-electron chi connectivity index (χ1n) is 12.9. The Morgan fingerprint density at radius 3 is 2.39 bits per heavy atom. The molecule has 1 aliphatic carbocycles. The van der Waals surface area contributed by atoms with Crippen LogP contribution in [0.25, 0.3) is 0 Å². The first-order valence-corrected chi connectivity index (χ1v) is 12.9. The average Bonchev–Trinajstić information content (AvgIpc) is 3.23. The van der Waals surface area contributed by atoms with Gasteiger partial charge in [-0.3, -0.25) is 4.90 Å². The maximum absolute atomic E-state index is 14.3. The predicted octanol–water partition coefficient (Wildman–Crippen LogP) is 3.52. The van der Waals surface area contributed by atoms with E-state index in [0.717, 1.165) is 12.8 Å². The van der Waals surface area contributed by atoms with Crippen LogP contribution in [-0.4, -0.2) is 102 Å². The highest BCUT2D eigenvalue weighted by molar-refractivity contribution is 5.96. The number of esters is 1. The molecule has 3 aliphatic rings. The molecule has 1 aromatic heterocycles. The molecule has 0 spiro atoms. The molecule has 2 aliphatic heterocycles. The van der Waals surface area contributed by atoms with E-state index in [4.69, 9.17) is 14.2 Å². The Hall–Kier alpha value is -2.76. The number of halogens is 2. The van der Waals surface area contributed by atoms with Crippen molar-refractivity contribution in [2.24, 2.45) is 5.41 Å². The number of hydrogen-bond donors (Lipinski definition) is 0. The second-order valence-corrected chi connectivity index (χ2v) is 12.4. The zero-order chi connectivity index (χ0) is 28.3. The number of alkyl halides is 2. The molecule has 4 rings (SSSR count). The molecule has 3 heterocycles. The third-order valence-electron chi connectivity index (χ3n) is 7.56. The van der Waals surface area contributed by atoms with Crippen molar-refractivity contribution in [2.75, 3.05) is 52.3 Å². The number of piperazine rings is 1. The van der Waals surface area contributed by atoms with Crippen molar-refractivity contribution in [1.82, 2.24) is 19.8 Å². The molecule has 3 atom stereocenters. The lowest BCUT2D eigenvalue weighted by molar-refractivity contribution is -0.00297. The van der Waals surface area contributed by atoms with E-state index in [1.807, 2.05) is 32.6 Å². The van der Waals surface area contributed by atoms with Crippen LogP contribution < -0.4 is 9.64 Å². The summed E-state index contributed by atoms with van der Waals surface area (Å²) in [7, 11) is 4.76. The largest absolute Gasteiger partial charge is 0.465 e. The van der Waals surface area contributed by atoms with Crippen LogP contribution >= 0.6 is 0 Å². The molecule has 0 aromatic carbocycles. The summed E-state index contributed by atoms with van der Waals surface area (Å²) in [5.74, 6) is -3.12. The van der Waals surface area contributed by atoms with Gasteiger partial charge in [0.05, 0.1) is 29.8 Å². The topological polar surface area (TPSA) is 97.3 Å². The molecule has 0 radical (unpaired) electrons. The van der Waals surface area contributed by atoms with Gasteiger partial charge in [-0.1, -0.05) is 0 Å². The molecule has 1 aromatic rings. The number of nitrogens with zero attached hydrogens (tertiary/aromatic N) is 5. The molecule has 1 saturated carbocycles. The Labute approximate surface area is 222 Å². The Morgan fingerprint density at radius 2 is 1.87 bits per heavy atom. The fourth-order valence-electron chi connectivity index (χ4n) is 5.80. The third-order valence-corrected chi connectivity index (χ3v) is 7.56. The van der Waals surface area contributed by atoms with Crippen LogP contribution in [0.5, 0.6) is 6.01 Å². The number of fused-ring (bicyclic) bond motifs is 2. The fraction of sp³-hybridized carbons (Fsp3) is 0.769. The van der Waals surface area contributed by atoms with E-state index in [-0.39, 0.29) is 43.3 Å². The number of carbonyl (C=O) groups is 2. The summed E-state index contributed by atoms with van der Waals surface area (Å²) in [5.41, 5.74) is -1.97. The first kappa shape index (κ1) is 28.3. The van der Waals surface area contributed by atoms with Gasteiger partial charge in [0, 0.05) is 26.1 Å². The van der Waals surface area contributed by atoms with E-state index >= 15 is 0 Å². The summed E-state index contributed by atoms with van der Waals surface area (Å²) in [6, 6.07) is -0.222. The fourth-order valence-corrected chi connectivity index (χ4v) is 5.80. The molecular formula is C26H39F2N5O5. The maximum Gasteiger partial charge on any atom is 0.411 e. The lowest BCUT2D eigenvalue weighted by atomic mass is 9.97. The normalized spacial score (nSPS) is 27.9. The third kappa shape index (κ3) is 5.23. The summed E-state index contributed by atoms with van der Waals surface area (Å²) in [6.07, 6.45) is 0.901. The van der Waals surface area contributed by atoms with Crippen molar-refractivity contribution < 1.29 is 32.6 Å². The lowest BCUT2D eigenvalue weighted by Crippen LogP contribution is -2.63. The predicted molar refractivity (Wildman–Crippen MR) is 136 cm³/mol. The van der Waals surface area contributed by atoms with Gasteiger partial charge in [-0.25, -0.2) is 18.4 Å². The number of hydrogen-bond acceptors (Lipinski definition) is 9. The molecule has 38 heavy (non-hydrogen) atoms. The molecule has 2 bridgehead atoms. The Kier molecular flexibility index (Phi) is 7.03. The van der Waals surface area contributed by atoms with E-state index in [2.05, 4.69) is 9.97 Å². The minimum Gasteiger partial charge on any atom is -0.465 e. The lowest BCUT2D eigenvalue weighted by Gasteiger charge is -2.47. The van der Waals surface area contributed by atoms with Gasteiger partial charge in [-0.15, -0.1) is 0 Å². The van der Waals surface area contributed by atoms with Gasteiger partial charge >= 0.3 is 18.1 Å². The van der Waals surface area contributed by atoms with Crippen molar-refractivity contribution in [3.05, 3.63) is 11.3 Å². The number of aryl methyl sites for hydroxylation is 1. The van der Waals surface area contributed by atoms with Gasteiger partial charge in [-0.05, 0) is 61.6 Å². The number of rotatable bonds is 7. The highest BCUT2D eigenvalue weighted by Crippen LogP contribution is 2.60. The second kappa shape index (κ2) is 9.46. The van der Waals surface area contributed by atoms with Crippen LogP contribution in [-0.2, 0) is 9.47 Å². The first-order chi connectivity index (χ1) is 17.5. The molecule has 2 saturated heterocycles. The molecule has 212 valence electrons. The second-order valence-electron chi connectivity index (χ2n) is 12.4. The van der Waals surface area contributed by atoms with Crippen LogP contribution in [0.15, 0.2) is 0 Å². The van der Waals surface area contributed by atoms with Crippen molar-refractivity contribution in [1.29, 1.82) is 0 Å². The van der Waals surface area contributed by atoms with Gasteiger partial charge in [-0.2, -0.15) is 9.97 Å². The molecule has 10 nitrogen and oxygen atoms in total. The summed E-state index contributed by atoms with van der Waals surface area (Å²) in [6.45, 7) is 9.85. The molecule has 0 N–H and O–H groups in total. The van der Waals surface area contributed by atoms with Gasteiger partial charge in [0.1, 0.15) is 17.8 Å². The van der Waals surface area contributed by atoms with Gasteiger partial charge < -0.3 is 24.0 Å². The zero-order valence-electron chi connectivity index (χ0n) is 23.6. The molecular weight excluding hydrogens is 500 g/mol. The number of ether oxygens (including phenoxy) is 3. The number of carbonyl (C=O) groups excluding carboxylic acids is 2. The Morgan fingerprint density at radius 1 is 1.21 bits per heavy atom. The number of aromatic nitrogens is 2. The van der Waals surface area contributed by atoms with E-state index in [1.165, 1.54) is 7.11 Å². The molecule has 3 fully saturated rings. The van der Waals surface area contributed by atoms with Crippen molar-refractivity contribution >= 4 is 17.9 Å². The number of methoxy groups -OCH3 is 1. The summed E-state index contributed by atoms with van der Waals surface area (Å²) in [5, 5.41) is 0. The van der Waals surface area contributed by atoms with Crippen LogP contribution in [0.1, 0.15) is 63.0 Å². The Bertz CT molecular complexity index is 1110. The standard InChI is InChI=1S/C26H39F2N5O5/c1-16-18(20(34)36-8)19(30-21(29-16)37-15-25(14-31(6)7)12-26(25,27)28)32-11-17-9-10-24(5,13-32)33(17)22(35)38-23(2,3)4/h17H,9-15H2,1-8H3/t17-,24?,25-/m1/s1. The molecule has 1 amide bonds.